The van der Waals surface area contributed by atoms with Gasteiger partial charge in [-0.05, 0) is 61.5 Å². The standard InChI is InChI=1S/C24H36N2O/c1-4-18(3)20-13-21-10-11-22(14-20)25(21)15-17(2)16-26-23-8-6-5-7-19(23)9-12-24(26)27/h5-8,17-18,20-22H,4,9-16H2,1-3H3. The number of para-hydroxylation sites is 1. The number of hydrogen-bond acceptors (Lipinski definition) is 2. The summed E-state index contributed by atoms with van der Waals surface area (Å²) in [4.78, 5) is 17.5. The van der Waals surface area contributed by atoms with Crippen LogP contribution in [0.2, 0.25) is 0 Å². The van der Waals surface area contributed by atoms with Gasteiger partial charge in [-0.3, -0.25) is 9.69 Å². The molecule has 4 rings (SSSR count). The van der Waals surface area contributed by atoms with Crippen LogP contribution in [0.1, 0.15) is 64.9 Å². The quantitative estimate of drug-likeness (QED) is 0.714. The van der Waals surface area contributed by atoms with E-state index in [-0.39, 0.29) is 0 Å². The predicted molar refractivity (Wildman–Crippen MR) is 112 cm³/mol. The Morgan fingerprint density at radius 1 is 1.04 bits per heavy atom. The zero-order valence-corrected chi connectivity index (χ0v) is 17.4. The number of hydrogen-bond donors (Lipinski definition) is 0. The minimum atomic E-state index is 0.305. The van der Waals surface area contributed by atoms with Crippen LogP contribution in [0.4, 0.5) is 5.69 Å². The third kappa shape index (κ3) is 3.81. The molecule has 3 aliphatic heterocycles. The summed E-state index contributed by atoms with van der Waals surface area (Å²) in [6.45, 7) is 9.13. The molecule has 1 amide bonds. The molecule has 0 spiro atoms. The van der Waals surface area contributed by atoms with E-state index >= 15 is 0 Å². The van der Waals surface area contributed by atoms with E-state index in [1.807, 2.05) is 0 Å². The summed E-state index contributed by atoms with van der Waals surface area (Å²) < 4.78 is 0. The van der Waals surface area contributed by atoms with Crippen molar-refractivity contribution in [3.05, 3.63) is 29.8 Å². The number of amides is 1. The molecule has 0 aromatic heterocycles. The van der Waals surface area contributed by atoms with Crippen molar-refractivity contribution < 1.29 is 4.79 Å². The van der Waals surface area contributed by atoms with E-state index < -0.39 is 0 Å². The lowest BCUT2D eigenvalue weighted by Gasteiger charge is -2.42. The highest BCUT2D eigenvalue weighted by atomic mass is 16.2. The molecule has 2 fully saturated rings. The molecule has 1 aromatic carbocycles. The fraction of sp³-hybridized carbons (Fsp3) is 0.708. The van der Waals surface area contributed by atoms with Crippen LogP contribution in [0.3, 0.4) is 0 Å². The molecule has 3 aliphatic rings. The number of piperidine rings is 1. The third-order valence-electron chi connectivity index (χ3n) is 7.58. The van der Waals surface area contributed by atoms with Gasteiger partial charge in [-0.25, -0.2) is 0 Å². The lowest BCUT2D eigenvalue weighted by molar-refractivity contribution is -0.119. The van der Waals surface area contributed by atoms with Crippen LogP contribution in [0.5, 0.6) is 0 Å². The van der Waals surface area contributed by atoms with Gasteiger partial charge < -0.3 is 4.90 Å². The highest BCUT2D eigenvalue weighted by Crippen LogP contribution is 2.42. The largest absolute Gasteiger partial charge is 0.312 e. The van der Waals surface area contributed by atoms with Crippen molar-refractivity contribution in [2.75, 3.05) is 18.0 Å². The van der Waals surface area contributed by atoms with Gasteiger partial charge in [0.1, 0.15) is 0 Å². The molecular formula is C24H36N2O. The lowest BCUT2D eigenvalue weighted by Crippen LogP contribution is -2.48. The van der Waals surface area contributed by atoms with E-state index in [2.05, 4.69) is 54.8 Å². The predicted octanol–water partition coefficient (Wildman–Crippen LogP) is 4.89. The summed E-state index contributed by atoms with van der Waals surface area (Å²) in [5.74, 6) is 2.62. The second-order valence-electron chi connectivity index (χ2n) is 9.44. The van der Waals surface area contributed by atoms with Gasteiger partial charge in [-0.15, -0.1) is 0 Å². The highest BCUT2D eigenvalue weighted by Gasteiger charge is 2.42. The minimum Gasteiger partial charge on any atom is -0.312 e. The molecule has 27 heavy (non-hydrogen) atoms. The van der Waals surface area contributed by atoms with Gasteiger partial charge >= 0.3 is 0 Å². The summed E-state index contributed by atoms with van der Waals surface area (Å²) in [5, 5.41) is 0. The highest BCUT2D eigenvalue weighted by molar-refractivity contribution is 5.96. The number of carbonyl (C=O) groups is 1. The van der Waals surface area contributed by atoms with Crippen molar-refractivity contribution in [1.82, 2.24) is 4.90 Å². The topological polar surface area (TPSA) is 23.6 Å². The van der Waals surface area contributed by atoms with Crippen LogP contribution in [0.15, 0.2) is 24.3 Å². The lowest BCUT2D eigenvalue weighted by atomic mass is 9.80. The summed E-state index contributed by atoms with van der Waals surface area (Å²) >= 11 is 0. The van der Waals surface area contributed by atoms with Crippen LogP contribution >= 0.6 is 0 Å². The zero-order valence-electron chi connectivity index (χ0n) is 17.4. The maximum Gasteiger partial charge on any atom is 0.227 e. The van der Waals surface area contributed by atoms with Crippen LogP contribution in [-0.2, 0) is 11.2 Å². The third-order valence-corrected chi connectivity index (χ3v) is 7.58. The molecule has 2 saturated heterocycles. The Kier molecular flexibility index (Phi) is 5.59. The molecule has 0 N–H and O–H groups in total. The molecular weight excluding hydrogens is 332 g/mol. The van der Waals surface area contributed by atoms with Crippen molar-refractivity contribution >= 4 is 11.6 Å². The molecule has 4 atom stereocenters. The number of aryl methyl sites for hydroxylation is 1. The Bertz CT molecular complexity index is 658. The first kappa shape index (κ1) is 19.0. The van der Waals surface area contributed by atoms with Crippen LogP contribution in [0, 0.1) is 17.8 Å². The summed E-state index contributed by atoms with van der Waals surface area (Å²) in [6, 6.07) is 10.0. The number of benzene rings is 1. The normalized spacial score (nSPS) is 30.3. The van der Waals surface area contributed by atoms with Gasteiger partial charge in [0.05, 0.1) is 0 Å². The summed E-state index contributed by atoms with van der Waals surface area (Å²) in [5.41, 5.74) is 2.48. The summed E-state index contributed by atoms with van der Waals surface area (Å²) in [6.07, 6.45) is 8.43. The monoisotopic (exact) mass is 368 g/mol. The maximum atomic E-state index is 12.6. The number of fused-ring (bicyclic) bond motifs is 3. The van der Waals surface area contributed by atoms with E-state index in [4.69, 9.17) is 0 Å². The van der Waals surface area contributed by atoms with Gasteiger partial charge in [-0.1, -0.05) is 45.4 Å². The van der Waals surface area contributed by atoms with Crippen molar-refractivity contribution in [3.8, 4) is 0 Å². The molecule has 0 saturated carbocycles. The second-order valence-corrected chi connectivity index (χ2v) is 9.44. The molecule has 3 nitrogen and oxygen atoms in total. The van der Waals surface area contributed by atoms with Crippen molar-refractivity contribution in [2.45, 2.75) is 77.8 Å². The van der Waals surface area contributed by atoms with Gasteiger partial charge in [0.15, 0.2) is 0 Å². The van der Waals surface area contributed by atoms with E-state index in [1.165, 1.54) is 37.7 Å². The van der Waals surface area contributed by atoms with Crippen molar-refractivity contribution in [3.63, 3.8) is 0 Å². The molecule has 3 heteroatoms. The van der Waals surface area contributed by atoms with Crippen LogP contribution in [-0.4, -0.2) is 36.0 Å². The first-order valence-electron chi connectivity index (χ1n) is 11.2. The van der Waals surface area contributed by atoms with E-state index in [0.29, 0.717) is 18.2 Å². The van der Waals surface area contributed by atoms with Crippen LogP contribution < -0.4 is 4.90 Å². The van der Waals surface area contributed by atoms with Crippen molar-refractivity contribution in [1.29, 1.82) is 0 Å². The first-order chi connectivity index (χ1) is 13.1. The fourth-order valence-electron chi connectivity index (χ4n) is 5.84. The smallest absolute Gasteiger partial charge is 0.227 e. The average Bonchev–Trinajstić information content (AvgIpc) is 2.90. The first-order valence-corrected chi connectivity index (χ1v) is 11.2. The van der Waals surface area contributed by atoms with Gasteiger partial charge in [0.25, 0.3) is 0 Å². The number of carbonyl (C=O) groups excluding carboxylic acids is 1. The molecule has 148 valence electrons. The minimum absolute atomic E-state index is 0.305. The van der Waals surface area contributed by atoms with E-state index in [1.54, 1.807) is 0 Å². The Morgan fingerprint density at radius 3 is 2.44 bits per heavy atom. The Morgan fingerprint density at radius 2 is 1.74 bits per heavy atom. The second kappa shape index (κ2) is 7.95. The number of nitrogens with zero attached hydrogens (tertiary/aromatic N) is 2. The Hall–Kier alpha value is -1.35. The van der Waals surface area contributed by atoms with Gasteiger partial charge in [0, 0.05) is 37.3 Å². The maximum absolute atomic E-state index is 12.6. The Labute approximate surface area is 165 Å². The SMILES string of the molecule is CCC(C)C1CC2CCC(C1)N2CC(C)CN1C(=O)CCc2ccccc21. The average molecular weight is 369 g/mol. The number of anilines is 1. The zero-order chi connectivity index (χ0) is 19.0. The molecule has 0 aliphatic carbocycles. The molecule has 2 bridgehead atoms. The Balaban J connectivity index is 1.39. The summed E-state index contributed by atoms with van der Waals surface area (Å²) in [7, 11) is 0. The molecule has 0 radical (unpaired) electrons. The van der Waals surface area contributed by atoms with Crippen molar-refractivity contribution in [2.24, 2.45) is 17.8 Å². The molecule has 3 heterocycles. The molecule has 1 aromatic rings. The van der Waals surface area contributed by atoms with E-state index in [0.717, 1.165) is 49.1 Å². The van der Waals surface area contributed by atoms with E-state index in [9.17, 15) is 4.79 Å². The van der Waals surface area contributed by atoms with Gasteiger partial charge in [-0.2, -0.15) is 0 Å². The van der Waals surface area contributed by atoms with Crippen LogP contribution in [0.25, 0.3) is 0 Å². The molecule has 4 unspecified atom stereocenters. The number of rotatable bonds is 6. The fourth-order valence-corrected chi connectivity index (χ4v) is 5.84. The van der Waals surface area contributed by atoms with Gasteiger partial charge in [0.2, 0.25) is 5.91 Å².